The molecule has 1 atom stereocenters. The summed E-state index contributed by atoms with van der Waals surface area (Å²) in [6.45, 7) is 0.600. The predicted octanol–water partition coefficient (Wildman–Crippen LogP) is -1.15. The van der Waals surface area contributed by atoms with Gasteiger partial charge in [-0.1, -0.05) is 0 Å². The summed E-state index contributed by atoms with van der Waals surface area (Å²) in [5.41, 5.74) is 5.38. The number of nitrogens with one attached hydrogen (secondary N) is 2. The number of nitrogens with two attached hydrogens (primary N) is 1. The highest BCUT2D eigenvalue weighted by molar-refractivity contribution is 6.40. The van der Waals surface area contributed by atoms with Crippen molar-refractivity contribution in [2.75, 3.05) is 6.54 Å². The zero-order chi connectivity index (χ0) is 6.85. The van der Waals surface area contributed by atoms with Crippen molar-refractivity contribution >= 4 is 11.6 Å². The summed E-state index contributed by atoms with van der Waals surface area (Å²) in [7, 11) is 0. The second-order valence-electron chi connectivity index (χ2n) is 2.06. The molecule has 1 aliphatic rings. The maximum absolute atomic E-state index is 10.6. The third kappa shape index (κ3) is 1.08. The van der Waals surface area contributed by atoms with Crippen LogP contribution in [0.5, 0.6) is 0 Å². The van der Waals surface area contributed by atoms with Crippen molar-refractivity contribution in [2.24, 2.45) is 5.73 Å². The first-order chi connectivity index (χ1) is 4.22. The number of amides is 1. The van der Waals surface area contributed by atoms with Gasteiger partial charge in [0, 0.05) is 6.54 Å². The lowest BCUT2D eigenvalue weighted by Crippen LogP contribution is -2.49. The number of carbonyl (C=O) groups is 1. The topological polar surface area (TPSA) is 79.0 Å². The molecule has 0 radical (unpaired) electrons. The molecule has 0 aromatic rings. The Kier molecular flexibility index (Phi) is 1.48. The van der Waals surface area contributed by atoms with E-state index in [2.05, 4.69) is 5.32 Å². The monoisotopic (exact) mass is 127 g/mol. The van der Waals surface area contributed by atoms with Crippen LogP contribution in [0.4, 0.5) is 0 Å². The fourth-order valence-corrected chi connectivity index (χ4v) is 0.749. The molecule has 1 saturated heterocycles. The van der Waals surface area contributed by atoms with Crippen LogP contribution in [-0.2, 0) is 4.79 Å². The Morgan fingerprint density at radius 3 is 2.89 bits per heavy atom. The van der Waals surface area contributed by atoms with Crippen molar-refractivity contribution in [1.29, 1.82) is 5.41 Å². The Morgan fingerprint density at radius 1 is 1.78 bits per heavy atom. The predicted molar refractivity (Wildman–Crippen MR) is 33.3 cm³/mol. The lowest BCUT2D eigenvalue weighted by atomic mass is 10.1. The van der Waals surface area contributed by atoms with Crippen LogP contribution in [0, 0.1) is 5.41 Å². The zero-order valence-corrected chi connectivity index (χ0v) is 4.98. The van der Waals surface area contributed by atoms with E-state index in [-0.39, 0.29) is 17.7 Å². The number of carbonyl (C=O) groups excluding carboxylic acids is 1. The molecular weight excluding hydrogens is 118 g/mol. The molecule has 0 aromatic heterocycles. The van der Waals surface area contributed by atoms with Crippen molar-refractivity contribution in [2.45, 2.75) is 12.5 Å². The number of rotatable bonds is 0. The molecule has 1 rings (SSSR count). The first-order valence-electron chi connectivity index (χ1n) is 2.84. The van der Waals surface area contributed by atoms with Gasteiger partial charge in [0.05, 0.1) is 6.04 Å². The van der Waals surface area contributed by atoms with E-state index in [1.165, 1.54) is 0 Å². The van der Waals surface area contributed by atoms with Crippen LogP contribution in [0.1, 0.15) is 6.42 Å². The SMILES string of the molecule is N=C1C(=O)NCCC1N. The van der Waals surface area contributed by atoms with Crippen LogP contribution in [0.15, 0.2) is 0 Å². The van der Waals surface area contributed by atoms with Crippen molar-refractivity contribution in [1.82, 2.24) is 5.32 Å². The quantitative estimate of drug-likeness (QED) is 0.384. The lowest BCUT2D eigenvalue weighted by molar-refractivity contribution is -0.115. The standard InChI is InChI=1S/C5H9N3O/c6-3-1-2-8-5(9)4(3)7/h3,7H,1-2,6H2,(H,8,9). The largest absolute Gasteiger partial charge is 0.351 e. The maximum Gasteiger partial charge on any atom is 0.266 e. The van der Waals surface area contributed by atoms with Gasteiger partial charge in [-0.05, 0) is 6.42 Å². The smallest absolute Gasteiger partial charge is 0.266 e. The third-order valence-electron chi connectivity index (χ3n) is 1.36. The maximum atomic E-state index is 10.6. The van der Waals surface area contributed by atoms with E-state index in [0.29, 0.717) is 13.0 Å². The molecule has 4 nitrogen and oxygen atoms in total. The van der Waals surface area contributed by atoms with Gasteiger partial charge in [0.15, 0.2) is 0 Å². The van der Waals surface area contributed by atoms with Crippen molar-refractivity contribution < 1.29 is 4.79 Å². The molecule has 1 heterocycles. The van der Waals surface area contributed by atoms with Gasteiger partial charge in [-0.3, -0.25) is 10.2 Å². The molecule has 4 N–H and O–H groups in total. The number of piperidine rings is 1. The summed E-state index contributed by atoms with van der Waals surface area (Å²) in [5.74, 6) is -0.325. The molecule has 1 fully saturated rings. The fourth-order valence-electron chi connectivity index (χ4n) is 0.749. The van der Waals surface area contributed by atoms with Gasteiger partial charge in [-0.25, -0.2) is 0 Å². The van der Waals surface area contributed by atoms with E-state index >= 15 is 0 Å². The minimum absolute atomic E-state index is 0.00116. The number of hydrogen-bond donors (Lipinski definition) is 3. The second kappa shape index (κ2) is 2.14. The summed E-state index contributed by atoms with van der Waals surface area (Å²) >= 11 is 0. The average Bonchev–Trinajstić information content (AvgIpc) is 1.83. The van der Waals surface area contributed by atoms with E-state index in [0.717, 1.165) is 0 Å². The number of hydrogen-bond acceptors (Lipinski definition) is 3. The summed E-state index contributed by atoms with van der Waals surface area (Å²) in [6.07, 6.45) is 0.685. The molecule has 0 aliphatic carbocycles. The van der Waals surface area contributed by atoms with Gasteiger partial charge in [-0.2, -0.15) is 0 Å². The van der Waals surface area contributed by atoms with E-state index in [4.69, 9.17) is 11.1 Å². The minimum Gasteiger partial charge on any atom is -0.351 e. The lowest BCUT2D eigenvalue weighted by Gasteiger charge is -2.18. The fraction of sp³-hybridized carbons (Fsp3) is 0.600. The minimum atomic E-state index is -0.348. The molecule has 1 amide bonds. The molecular formula is C5H9N3O. The van der Waals surface area contributed by atoms with Gasteiger partial charge in [0.1, 0.15) is 5.71 Å². The molecule has 9 heavy (non-hydrogen) atoms. The molecule has 50 valence electrons. The Bertz CT molecular complexity index is 154. The van der Waals surface area contributed by atoms with Crippen LogP contribution >= 0.6 is 0 Å². The Morgan fingerprint density at radius 2 is 2.44 bits per heavy atom. The Labute approximate surface area is 52.9 Å². The summed E-state index contributed by atoms with van der Waals surface area (Å²) < 4.78 is 0. The zero-order valence-electron chi connectivity index (χ0n) is 4.98. The third-order valence-corrected chi connectivity index (χ3v) is 1.36. The van der Waals surface area contributed by atoms with Gasteiger partial charge in [-0.15, -0.1) is 0 Å². The first-order valence-corrected chi connectivity index (χ1v) is 2.84. The van der Waals surface area contributed by atoms with Crippen LogP contribution in [-0.4, -0.2) is 24.2 Å². The van der Waals surface area contributed by atoms with E-state index < -0.39 is 0 Å². The van der Waals surface area contributed by atoms with Crippen LogP contribution < -0.4 is 11.1 Å². The van der Waals surface area contributed by atoms with Gasteiger partial charge < -0.3 is 11.1 Å². The molecule has 1 unspecified atom stereocenters. The van der Waals surface area contributed by atoms with E-state index in [1.807, 2.05) is 0 Å². The van der Waals surface area contributed by atoms with Crippen LogP contribution in [0.2, 0.25) is 0 Å². The van der Waals surface area contributed by atoms with Gasteiger partial charge >= 0.3 is 0 Å². The average molecular weight is 127 g/mol. The summed E-state index contributed by atoms with van der Waals surface area (Å²) in [5, 5.41) is 9.58. The molecule has 0 bridgehead atoms. The van der Waals surface area contributed by atoms with Crippen molar-refractivity contribution in [3.8, 4) is 0 Å². The van der Waals surface area contributed by atoms with Crippen LogP contribution in [0.3, 0.4) is 0 Å². The molecule has 0 spiro atoms. The normalized spacial score (nSPS) is 27.9. The second-order valence-corrected chi connectivity index (χ2v) is 2.06. The van der Waals surface area contributed by atoms with Gasteiger partial charge in [0.2, 0.25) is 0 Å². The highest BCUT2D eigenvalue weighted by Crippen LogP contribution is 1.95. The molecule has 0 saturated carbocycles. The van der Waals surface area contributed by atoms with E-state index in [9.17, 15) is 4.79 Å². The first kappa shape index (κ1) is 6.22. The summed E-state index contributed by atoms with van der Waals surface area (Å²) in [4.78, 5) is 10.6. The Balaban J connectivity index is 2.62. The van der Waals surface area contributed by atoms with E-state index in [1.54, 1.807) is 0 Å². The summed E-state index contributed by atoms with van der Waals surface area (Å²) in [6, 6.07) is -0.348. The Hall–Kier alpha value is -0.900. The van der Waals surface area contributed by atoms with Crippen molar-refractivity contribution in [3.63, 3.8) is 0 Å². The molecule has 4 heteroatoms. The highest BCUT2D eigenvalue weighted by Gasteiger charge is 2.21. The highest BCUT2D eigenvalue weighted by atomic mass is 16.1. The van der Waals surface area contributed by atoms with Crippen molar-refractivity contribution in [3.05, 3.63) is 0 Å². The van der Waals surface area contributed by atoms with Crippen LogP contribution in [0.25, 0.3) is 0 Å². The van der Waals surface area contributed by atoms with Gasteiger partial charge in [0.25, 0.3) is 5.91 Å². The molecule has 1 aliphatic heterocycles. The molecule has 0 aromatic carbocycles.